The SMILES string of the molecule is COc1cc(/C=C/C(=O)O[C@@H]2[C@H](O)[C@H](O)[C@@H](CO)O[C@H]2c2c(O)cc(C)c3c(=O)cc(CC(C)=O)oc23)ccc1O. The predicted molar refractivity (Wildman–Crippen MR) is 144 cm³/mol. The molecule has 5 N–H and O–H groups in total. The van der Waals surface area contributed by atoms with Crippen molar-refractivity contribution in [3.8, 4) is 17.2 Å². The molecule has 1 aliphatic rings. The molecule has 2 heterocycles. The first-order chi connectivity index (χ1) is 19.4. The van der Waals surface area contributed by atoms with Crippen molar-refractivity contribution >= 4 is 28.8 Å². The van der Waals surface area contributed by atoms with Crippen LogP contribution >= 0.6 is 0 Å². The van der Waals surface area contributed by atoms with Crippen LogP contribution in [0.5, 0.6) is 17.2 Å². The third-order valence-corrected chi connectivity index (χ3v) is 6.71. The van der Waals surface area contributed by atoms with E-state index in [-0.39, 0.29) is 46.0 Å². The smallest absolute Gasteiger partial charge is 0.331 e. The number of carbonyl (C=O) groups is 2. The number of methoxy groups -OCH3 is 1. The van der Waals surface area contributed by atoms with Crippen LogP contribution in [-0.4, -0.2) is 75.4 Å². The Morgan fingerprint density at radius 2 is 1.80 bits per heavy atom. The molecule has 218 valence electrons. The van der Waals surface area contributed by atoms with Crippen LogP contribution in [-0.2, 0) is 25.5 Å². The third-order valence-electron chi connectivity index (χ3n) is 6.71. The number of phenolic OH excluding ortho intramolecular Hbond substituents is 2. The van der Waals surface area contributed by atoms with Crippen LogP contribution in [0.3, 0.4) is 0 Å². The van der Waals surface area contributed by atoms with E-state index in [4.69, 9.17) is 18.6 Å². The van der Waals surface area contributed by atoms with Gasteiger partial charge in [-0.1, -0.05) is 6.07 Å². The van der Waals surface area contributed by atoms with E-state index >= 15 is 0 Å². The third kappa shape index (κ3) is 6.10. The van der Waals surface area contributed by atoms with Gasteiger partial charge in [0.15, 0.2) is 23.0 Å². The summed E-state index contributed by atoms with van der Waals surface area (Å²) in [5.74, 6) is -1.62. The lowest BCUT2D eigenvalue weighted by Gasteiger charge is -2.42. The fourth-order valence-electron chi connectivity index (χ4n) is 4.77. The molecule has 41 heavy (non-hydrogen) atoms. The van der Waals surface area contributed by atoms with Crippen molar-refractivity contribution < 1.29 is 53.7 Å². The van der Waals surface area contributed by atoms with Crippen molar-refractivity contribution in [3.63, 3.8) is 0 Å². The van der Waals surface area contributed by atoms with Crippen LogP contribution in [0.25, 0.3) is 17.0 Å². The number of aryl methyl sites for hydroxylation is 1. The molecule has 0 radical (unpaired) electrons. The second-order valence-corrected chi connectivity index (χ2v) is 9.71. The minimum absolute atomic E-state index is 0.0113. The second kappa shape index (κ2) is 12.1. The van der Waals surface area contributed by atoms with E-state index in [9.17, 15) is 39.9 Å². The number of aliphatic hydroxyl groups is 3. The number of rotatable bonds is 8. The van der Waals surface area contributed by atoms with Crippen LogP contribution < -0.4 is 10.2 Å². The van der Waals surface area contributed by atoms with Crippen LogP contribution in [0.15, 0.2) is 45.6 Å². The van der Waals surface area contributed by atoms with E-state index in [0.717, 1.165) is 12.1 Å². The minimum atomic E-state index is -1.79. The Bertz CT molecular complexity index is 1560. The Kier molecular flexibility index (Phi) is 8.78. The molecule has 4 rings (SSSR count). The van der Waals surface area contributed by atoms with Gasteiger partial charge in [0.05, 0.1) is 31.1 Å². The van der Waals surface area contributed by atoms with Crippen LogP contribution in [0.2, 0.25) is 0 Å². The fraction of sp³-hybridized carbons (Fsp3) is 0.345. The van der Waals surface area contributed by atoms with Crippen molar-refractivity contribution in [1.82, 2.24) is 0 Å². The Balaban J connectivity index is 1.78. The molecule has 0 aliphatic carbocycles. The molecule has 1 aromatic heterocycles. The number of phenols is 2. The normalized spacial score (nSPS) is 22.6. The molecule has 0 unspecified atom stereocenters. The molecule has 0 bridgehead atoms. The van der Waals surface area contributed by atoms with Gasteiger partial charge < -0.3 is 44.2 Å². The van der Waals surface area contributed by atoms with Gasteiger partial charge in [-0.2, -0.15) is 0 Å². The summed E-state index contributed by atoms with van der Waals surface area (Å²) in [5, 5.41) is 52.1. The highest BCUT2D eigenvalue weighted by molar-refractivity contribution is 5.88. The number of ketones is 1. The van der Waals surface area contributed by atoms with Gasteiger partial charge >= 0.3 is 5.97 Å². The number of aliphatic hydroxyl groups excluding tert-OH is 3. The summed E-state index contributed by atoms with van der Waals surface area (Å²) in [6.07, 6.45) is -5.82. The number of ether oxygens (including phenoxy) is 3. The maximum atomic E-state index is 13.0. The molecule has 2 aromatic carbocycles. The van der Waals surface area contributed by atoms with Crippen molar-refractivity contribution in [2.24, 2.45) is 0 Å². The fourth-order valence-corrected chi connectivity index (χ4v) is 4.77. The second-order valence-electron chi connectivity index (χ2n) is 9.71. The lowest BCUT2D eigenvalue weighted by Crippen LogP contribution is -2.56. The van der Waals surface area contributed by atoms with Gasteiger partial charge in [-0.25, -0.2) is 4.79 Å². The highest BCUT2D eigenvalue weighted by Gasteiger charge is 2.48. The number of fused-ring (bicyclic) bond motifs is 1. The van der Waals surface area contributed by atoms with Crippen LogP contribution in [0.1, 0.15) is 35.5 Å². The molecule has 5 atom stereocenters. The summed E-state index contributed by atoms with van der Waals surface area (Å²) in [5.41, 5.74) is -0.0276. The molecule has 12 nitrogen and oxygen atoms in total. The first-order valence-corrected chi connectivity index (χ1v) is 12.6. The zero-order chi connectivity index (χ0) is 30.0. The van der Waals surface area contributed by atoms with Gasteiger partial charge in [0.2, 0.25) is 0 Å². The van der Waals surface area contributed by atoms with Crippen molar-refractivity contribution in [2.75, 3.05) is 13.7 Å². The maximum absolute atomic E-state index is 13.0. The summed E-state index contributed by atoms with van der Waals surface area (Å²) in [7, 11) is 1.36. The number of benzene rings is 2. The van der Waals surface area contributed by atoms with Gasteiger partial charge in [0.1, 0.15) is 47.3 Å². The minimum Gasteiger partial charge on any atom is -0.507 e. The molecule has 3 aromatic rings. The molecule has 12 heteroatoms. The number of carbonyl (C=O) groups excluding carboxylic acids is 2. The molecule has 1 fully saturated rings. The Morgan fingerprint density at radius 1 is 1.07 bits per heavy atom. The first kappa shape index (κ1) is 29.7. The zero-order valence-electron chi connectivity index (χ0n) is 22.4. The number of Topliss-reactive ketones (excluding diaryl/α,β-unsaturated/α-hetero) is 1. The van der Waals surface area contributed by atoms with E-state index in [1.807, 2.05) is 0 Å². The monoisotopic (exact) mass is 570 g/mol. The maximum Gasteiger partial charge on any atom is 0.331 e. The van der Waals surface area contributed by atoms with E-state index < -0.39 is 54.3 Å². The number of hydrogen-bond donors (Lipinski definition) is 5. The summed E-state index contributed by atoms with van der Waals surface area (Å²) in [4.78, 5) is 37.6. The summed E-state index contributed by atoms with van der Waals surface area (Å²) >= 11 is 0. The average molecular weight is 571 g/mol. The predicted octanol–water partition coefficient (Wildman–Crippen LogP) is 1.43. The average Bonchev–Trinajstić information content (AvgIpc) is 2.91. The highest BCUT2D eigenvalue weighted by Crippen LogP contribution is 2.42. The van der Waals surface area contributed by atoms with Crippen molar-refractivity contribution in [2.45, 2.75) is 50.8 Å². The molecule has 0 saturated carbocycles. The van der Waals surface area contributed by atoms with Gasteiger partial charge in [0, 0.05) is 12.1 Å². The summed E-state index contributed by atoms with van der Waals surface area (Å²) in [6, 6.07) is 6.77. The standard InChI is InChI=1S/C29H30O12/c1-13-8-18(33)24(27-23(13)19(34)11-16(39-27)9-14(2)31)28-29(26(37)25(36)21(12-30)40-28)41-22(35)7-5-15-4-6-17(32)20(10-15)38-3/h4-8,10-11,21,25-26,28-30,32-33,36-37H,9,12H2,1-3H3/b7-5+/t21-,25-,26-,28+,29-/m1/s1. The van der Waals surface area contributed by atoms with E-state index in [1.165, 1.54) is 44.4 Å². The number of esters is 1. The van der Waals surface area contributed by atoms with Crippen molar-refractivity contribution in [1.29, 1.82) is 0 Å². The van der Waals surface area contributed by atoms with Gasteiger partial charge in [-0.3, -0.25) is 9.59 Å². The zero-order valence-corrected chi connectivity index (χ0v) is 22.4. The Morgan fingerprint density at radius 3 is 2.46 bits per heavy atom. The van der Waals surface area contributed by atoms with Gasteiger partial charge in [-0.15, -0.1) is 0 Å². The van der Waals surface area contributed by atoms with E-state index in [2.05, 4.69) is 0 Å². The lowest BCUT2D eigenvalue weighted by molar-refractivity contribution is -0.239. The van der Waals surface area contributed by atoms with Gasteiger partial charge in [-0.05, 0) is 49.2 Å². The Labute approximate surface area is 233 Å². The highest BCUT2D eigenvalue weighted by atomic mass is 16.6. The summed E-state index contributed by atoms with van der Waals surface area (Å²) < 4.78 is 22.2. The molecule has 0 amide bonds. The quantitative estimate of drug-likeness (QED) is 0.194. The van der Waals surface area contributed by atoms with E-state index in [1.54, 1.807) is 6.92 Å². The molecule has 0 spiro atoms. The van der Waals surface area contributed by atoms with Crippen LogP contribution in [0.4, 0.5) is 0 Å². The Hall–Kier alpha value is -4.23. The summed E-state index contributed by atoms with van der Waals surface area (Å²) in [6.45, 7) is 2.14. The lowest BCUT2D eigenvalue weighted by atomic mass is 9.89. The largest absolute Gasteiger partial charge is 0.507 e. The number of aromatic hydroxyl groups is 2. The topological polar surface area (TPSA) is 193 Å². The first-order valence-electron chi connectivity index (χ1n) is 12.6. The van der Waals surface area contributed by atoms with Crippen molar-refractivity contribution in [3.05, 3.63) is 69.1 Å². The number of hydrogen-bond acceptors (Lipinski definition) is 12. The van der Waals surface area contributed by atoms with Crippen LogP contribution in [0, 0.1) is 6.92 Å². The molecular weight excluding hydrogens is 540 g/mol. The van der Waals surface area contributed by atoms with Gasteiger partial charge in [0.25, 0.3) is 0 Å². The molecule has 1 saturated heterocycles. The van der Waals surface area contributed by atoms with E-state index in [0.29, 0.717) is 11.1 Å². The molecular formula is C29H30O12. The molecule has 1 aliphatic heterocycles.